The zero-order valence-corrected chi connectivity index (χ0v) is 18.0. The number of amides is 1. The molecule has 0 bridgehead atoms. The van der Waals surface area contributed by atoms with Gasteiger partial charge in [-0.05, 0) is 62.2 Å². The molecule has 0 aliphatic carbocycles. The fraction of sp³-hybridized carbons (Fsp3) is 0.111. The number of para-hydroxylation sites is 1. The summed E-state index contributed by atoms with van der Waals surface area (Å²) in [6.07, 6.45) is 5.33. The third-order valence-electron chi connectivity index (χ3n) is 4.99. The van der Waals surface area contributed by atoms with Crippen molar-refractivity contribution < 1.29 is 4.79 Å². The van der Waals surface area contributed by atoms with Gasteiger partial charge in [-0.3, -0.25) is 4.79 Å². The first-order valence-electron chi connectivity index (χ1n) is 10.3. The minimum absolute atomic E-state index is 0.174. The number of aromatic nitrogens is 2. The molecule has 0 saturated carbocycles. The molecule has 0 unspecified atom stereocenters. The molecular formula is C27H25N3O. The van der Waals surface area contributed by atoms with E-state index < -0.39 is 0 Å². The monoisotopic (exact) mass is 407 g/mol. The van der Waals surface area contributed by atoms with Crippen LogP contribution in [-0.2, 0) is 4.79 Å². The van der Waals surface area contributed by atoms with Crippen molar-refractivity contribution in [2.75, 3.05) is 5.32 Å². The molecule has 1 N–H and O–H groups in total. The Balaban J connectivity index is 1.65. The summed E-state index contributed by atoms with van der Waals surface area (Å²) in [5, 5.41) is 7.75. The average Bonchev–Trinajstić information content (AvgIpc) is 3.17. The number of anilines is 1. The Hall–Kier alpha value is -3.92. The van der Waals surface area contributed by atoms with Gasteiger partial charge in [-0.25, -0.2) is 4.68 Å². The maximum Gasteiger partial charge on any atom is 0.248 e. The van der Waals surface area contributed by atoms with Gasteiger partial charge in [0.25, 0.3) is 0 Å². The van der Waals surface area contributed by atoms with Gasteiger partial charge in [0.2, 0.25) is 5.91 Å². The van der Waals surface area contributed by atoms with Gasteiger partial charge in [0.1, 0.15) is 0 Å². The molecule has 0 atom stereocenters. The van der Waals surface area contributed by atoms with Gasteiger partial charge in [-0.15, -0.1) is 0 Å². The molecule has 1 heterocycles. The maximum atomic E-state index is 12.6. The summed E-state index contributed by atoms with van der Waals surface area (Å²) in [7, 11) is 0. The van der Waals surface area contributed by atoms with Crippen LogP contribution in [0.4, 0.5) is 5.69 Å². The highest BCUT2D eigenvalue weighted by Crippen LogP contribution is 2.25. The molecule has 0 aliphatic heterocycles. The predicted octanol–water partition coefficient (Wildman–Crippen LogP) is 6.12. The van der Waals surface area contributed by atoms with E-state index in [-0.39, 0.29) is 5.91 Å². The number of hydrogen-bond donors (Lipinski definition) is 1. The minimum atomic E-state index is -0.174. The van der Waals surface area contributed by atoms with E-state index >= 15 is 0 Å². The highest BCUT2D eigenvalue weighted by atomic mass is 16.1. The Labute approximate surface area is 182 Å². The van der Waals surface area contributed by atoms with Crippen LogP contribution in [0.25, 0.3) is 23.0 Å². The van der Waals surface area contributed by atoms with Crippen molar-refractivity contribution in [1.82, 2.24) is 9.78 Å². The fourth-order valence-corrected chi connectivity index (χ4v) is 3.55. The molecule has 0 fully saturated rings. The molecule has 154 valence electrons. The second-order valence-corrected chi connectivity index (χ2v) is 7.78. The van der Waals surface area contributed by atoms with Crippen LogP contribution in [0.2, 0.25) is 0 Å². The molecule has 4 nitrogen and oxygen atoms in total. The van der Waals surface area contributed by atoms with Gasteiger partial charge in [0.15, 0.2) is 0 Å². The third kappa shape index (κ3) is 4.98. The number of carbonyl (C=O) groups is 1. The second kappa shape index (κ2) is 8.84. The lowest BCUT2D eigenvalue weighted by molar-refractivity contribution is -0.111. The van der Waals surface area contributed by atoms with E-state index in [1.807, 2.05) is 73.3 Å². The number of carbonyl (C=O) groups excluding carboxylic acids is 1. The lowest BCUT2D eigenvalue weighted by atomic mass is 10.1. The third-order valence-corrected chi connectivity index (χ3v) is 4.99. The van der Waals surface area contributed by atoms with Gasteiger partial charge in [0, 0.05) is 29.1 Å². The van der Waals surface area contributed by atoms with Crippen molar-refractivity contribution in [3.05, 3.63) is 107 Å². The first-order chi connectivity index (χ1) is 15.0. The smallest absolute Gasteiger partial charge is 0.248 e. The summed E-state index contributed by atoms with van der Waals surface area (Å²) in [5.74, 6) is -0.174. The number of nitrogens with one attached hydrogen (secondary N) is 1. The number of rotatable bonds is 5. The lowest BCUT2D eigenvalue weighted by Crippen LogP contribution is -2.08. The number of benzene rings is 3. The number of nitrogens with zero attached hydrogens (tertiary/aromatic N) is 2. The Bertz CT molecular complexity index is 1220. The molecule has 4 heteroatoms. The Morgan fingerprint density at radius 3 is 2.23 bits per heavy atom. The van der Waals surface area contributed by atoms with Crippen molar-refractivity contribution >= 4 is 17.7 Å². The van der Waals surface area contributed by atoms with Crippen molar-refractivity contribution in [3.8, 4) is 16.9 Å². The molecule has 0 radical (unpaired) electrons. The minimum Gasteiger partial charge on any atom is -0.322 e. The van der Waals surface area contributed by atoms with Crippen molar-refractivity contribution in [2.24, 2.45) is 0 Å². The number of aryl methyl sites for hydroxylation is 3. The summed E-state index contributed by atoms with van der Waals surface area (Å²) in [6, 6.07) is 24.2. The van der Waals surface area contributed by atoms with Gasteiger partial charge in [-0.1, -0.05) is 54.1 Å². The van der Waals surface area contributed by atoms with Crippen LogP contribution >= 0.6 is 0 Å². The van der Waals surface area contributed by atoms with E-state index in [2.05, 4.69) is 42.6 Å². The molecular weight excluding hydrogens is 382 g/mol. The van der Waals surface area contributed by atoms with Gasteiger partial charge in [0.05, 0.1) is 11.4 Å². The summed E-state index contributed by atoms with van der Waals surface area (Å²) in [5.41, 5.74) is 7.91. The molecule has 4 aromatic rings. The maximum absolute atomic E-state index is 12.6. The first kappa shape index (κ1) is 20.4. The van der Waals surface area contributed by atoms with Crippen LogP contribution in [0.1, 0.15) is 22.3 Å². The van der Waals surface area contributed by atoms with E-state index in [9.17, 15) is 4.79 Å². The quantitative estimate of drug-likeness (QED) is 0.405. The molecule has 4 rings (SSSR count). The molecule has 0 spiro atoms. The Morgan fingerprint density at radius 1 is 0.871 bits per heavy atom. The molecule has 1 amide bonds. The SMILES string of the molecule is Cc1ccc(-c2nn(-c3ccccc3)cc2C=CC(=O)Nc2cc(C)cc(C)c2)cc1. The molecule has 31 heavy (non-hydrogen) atoms. The fourth-order valence-electron chi connectivity index (χ4n) is 3.55. The van der Waals surface area contributed by atoms with Crippen molar-refractivity contribution in [3.63, 3.8) is 0 Å². The van der Waals surface area contributed by atoms with E-state index in [1.54, 1.807) is 6.08 Å². The predicted molar refractivity (Wildman–Crippen MR) is 127 cm³/mol. The topological polar surface area (TPSA) is 46.9 Å². The van der Waals surface area contributed by atoms with Gasteiger partial charge in [-0.2, -0.15) is 5.10 Å². The number of hydrogen-bond acceptors (Lipinski definition) is 2. The summed E-state index contributed by atoms with van der Waals surface area (Å²) in [4.78, 5) is 12.6. The largest absolute Gasteiger partial charge is 0.322 e. The molecule has 0 saturated heterocycles. The highest BCUT2D eigenvalue weighted by molar-refractivity contribution is 6.02. The van der Waals surface area contributed by atoms with Gasteiger partial charge < -0.3 is 5.32 Å². The Morgan fingerprint density at radius 2 is 1.55 bits per heavy atom. The summed E-state index contributed by atoms with van der Waals surface area (Å²) >= 11 is 0. The zero-order valence-electron chi connectivity index (χ0n) is 18.0. The summed E-state index contributed by atoms with van der Waals surface area (Å²) < 4.78 is 1.84. The van der Waals surface area contributed by atoms with Gasteiger partial charge >= 0.3 is 0 Å². The average molecular weight is 408 g/mol. The van der Waals surface area contributed by atoms with Crippen LogP contribution in [0.5, 0.6) is 0 Å². The van der Waals surface area contributed by atoms with Crippen LogP contribution in [-0.4, -0.2) is 15.7 Å². The van der Waals surface area contributed by atoms with Crippen LogP contribution in [0.15, 0.2) is 85.1 Å². The first-order valence-corrected chi connectivity index (χ1v) is 10.3. The zero-order chi connectivity index (χ0) is 21.8. The van der Waals surface area contributed by atoms with E-state index in [0.717, 1.165) is 39.3 Å². The Kier molecular flexibility index (Phi) is 5.80. The molecule has 1 aromatic heterocycles. The normalized spacial score (nSPS) is 11.1. The van der Waals surface area contributed by atoms with Crippen molar-refractivity contribution in [1.29, 1.82) is 0 Å². The molecule has 0 aliphatic rings. The standard InChI is InChI=1S/C27H25N3O/c1-19-9-11-22(12-10-19)27-23(18-30(29-27)25-7-5-4-6-8-25)13-14-26(31)28-24-16-20(2)15-21(3)17-24/h4-18H,1-3H3,(H,28,31). The molecule has 3 aromatic carbocycles. The second-order valence-electron chi connectivity index (χ2n) is 7.78. The highest BCUT2D eigenvalue weighted by Gasteiger charge is 2.11. The van der Waals surface area contributed by atoms with Crippen molar-refractivity contribution in [2.45, 2.75) is 20.8 Å². The van der Waals surface area contributed by atoms with E-state index in [4.69, 9.17) is 5.10 Å². The van der Waals surface area contributed by atoms with Crippen LogP contribution < -0.4 is 5.32 Å². The van der Waals surface area contributed by atoms with Crippen LogP contribution in [0.3, 0.4) is 0 Å². The van der Waals surface area contributed by atoms with Crippen LogP contribution in [0, 0.1) is 20.8 Å². The summed E-state index contributed by atoms with van der Waals surface area (Å²) in [6.45, 7) is 6.10. The van der Waals surface area contributed by atoms with E-state index in [1.165, 1.54) is 5.56 Å². The lowest BCUT2D eigenvalue weighted by Gasteiger charge is -2.05. The van der Waals surface area contributed by atoms with E-state index in [0.29, 0.717) is 0 Å².